The second kappa shape index (κ2) is 11.3. The van der Waals surface area contributed by atoms with E-state index in [1.165, 1.54) is 42.5 Å². The molecule has 3 aromatic rings. The Bertz CT molecular complexity index is 1460. The van der Waals surface area contributed by atoms with E-state index in [0.29, 0.717) is 31.5 Å². The number of aromatic hydroxyl groups is 1. The monoisotopic (exact) mass is 548 g/mol. The fourth-order valence-corrected chi connectivity index (χ4v) is 4.46. The Morgan fingerprint density at radius 2 is 1.73 bits per heavy atom. The number of hydrogen-bond acceptors (Lipinski definition) is 7. The zero-order valence-corrected chi connectivity index (χ0v) is 23.0. The number of phenolic OH excluding ortho intramolecular Hbond substituents is 1. The summed E-state index contributed by atoms with van der Waals surface area (Å²) in [6, 6.07) is 11.4. The third kappa shape index (κ3) is 6.56. The molecule has 0 saturated carbocycles. The third-order valence-electron chi connectivity index (χ3n) is 6.56. The Labute approximate surface area is 232 Å². The molecule has 1 aliphatic heterocycles. The maximum atomic E-state index is 14.4. The standard InChI is InChI=1S/C30H33FN4O5/c1-17-5-7-20(23(31)15-17)26(37)18-6-10-25(36)22(16-18)24-9-8-21(27(32)34-24)28(38)33-19-11-13-35(14-12-19)29(39)40-30(2,3)4/h5-10,15-16,19,36H,11-14H2,1-4H3,(H2,32,34)(H,33,38). The van der Waals surface area contributed by atoms with E-state index in [1.54, 1.807) is 17.9 Å². The van der Waals surface area contributed by atoms with Gasteiger partial charge in [0, 0.05) is 30.3 Å². The summed E-state index contributed by atoms with van der Waals surface area (Å²) in [5.74, 6) is -1.78. The molecule has 40 heavy (non-hydrogen) atoms. The summed E-state index contributed by atoms with van der Waals surface area (Å²) in [4.78, 5) is 44.1. The molecule has 9 nitrogen and oxygen atoms in total. The number of pyridine rings is 1. The molecule has 0 bridgehead atoms. The van der Waals surface area contributed by atoms with Gasteiger partial charge in [0.05, 0.1) is 16.8 Å². The van der Waals surface area contributed by atoms with E-state index in [4.69, 9.17) is 10.5 Å². The molecule has 2 aromatic carbocycles. The van der Waals surface area contributed by atoms with Crippen molar-refractivity contribution in [3.8, 4) is 17.0 Å². The van der Waals surface area contributed by atoms with Crippen molar-refractivity contribution in [1.82, 2.24) is 15.2 Å². The van der Waals surface area contributed by atoms with Crippen molar-refractivity contribution >= 4 is 23.6 Å². The summed E-state index contributed by atoms with van der Waals surface area (Å²) >= 11 is 0. The lowest BCUT2D eigenvalue weighted by molar-refractivity contribution is 0.0199. The first-order chi connectivity index (χ1) is 18.8. The number of carbonyl (C=O) groups is 3. The van der Waals surface area contributed by atoms with Gasteiger partial charge in [0.15, 0.2) is 5.78 Å². The van der Waals surface area contributed by atoms with Gasteiger partial charge < -0.3 is 25.8 Å². The molecule has 0 radical (unpaired) electrons. The highest BCUT2D eigenvalue weighted by Crippen LogP contribution is 2.31. The van der Waals surface area contributed by atoms with Crippen LogP contribution in [-0.4, -0.2) is 57.5 Å². The topological polar surface area (TPSA) is 135 Å². The van der Waals surface area contributed by atoms with Crippen molar-refractivity contribution in [1.29, 1.82) is 0 Å². The van der Waals surface area contributed by atoms with Crippen LogP contribution < -0.4 is 11.1 Å². The number of anilines is 1. The van der Waals surface area contributed by atoms with Crippen LogP contribution in [0.5, 0.6) is 5.75 Å². The summed E-state index contributed by atoms with van der Waals surface area (Å²) in [5, 5.41) is 13.4. The number of aryl methyl sites for hydroxylation is 1. The molecule has 1 aliphatic rings. The van der Waals surface area contributed by atoms with Gasteiger partial charge in [-0.05, 0) is 88.6 Å². The number of phenols is 1. The van der Waals surface area contributed by atoms with Gasteiger partial charge in [0.2, 0.25) is 0 Å². The van der Waals surface area contributed by atoms with Gasteiger partial charge in [0.25, 0.3) is 5.91 Å². The van der Waals surface area contributed by atoms with Crippen LogP contribution in [-0.2, 0) is 4.74 Å². The molecule has 0 atom stereocenters. The minimum absolute atomic E-state index is 0.0538. The number of ether oxygens (including phenoxy) is 1. The number of nitrogens with one attached hydrogen (secondary N) is 1. The van der Waals surface area contributed by atoms with E-state index in [1.807, 2.05) is 20.8 Å². The lowest BCUT2D eigenvalue weighted by Gasteiger charge is -2.33. The number of halogens is 1. The Morgan fingerprint density at radius 3 is 2.35 bits per heavy atom. The zero-order chi connectivity index (χ0) is 29.2. The Morgan fingerprint density at radius 1 is 1.05 bits per heavy atom. The van der Waals surface area contributed by atoms with Crippen molar-refractivity contribution in [2.24, 2.45) is 0 Å². The second-order valence-electron chi connectivity index (χ2n) is 10.9. The normalized spacial score (nSPS) is 14.1. The fraction of sp³-hybridized carbons (Fsp3) is 0.333. The van der Waals surface area contributed by atoms with Crippen molar-refractivity contribution in [2.75, 3.05) is 18.8 Å². The Kier molecular flexibility index (Phi) is 8.08. The number of likely N-dealkylation sites (tertiary alicyclic amines) is 1. The summed E-state index contributed by atoms with van der Waals surface area (Å²) in [5.41, 5.74) is 6.93. The highest BCUT2D eigenvalue weighted by Gasteiger charge is 2.28. The number of carbonyl (C=O) groups excluding carboxylic acids is 3. The molecule has 1 fully saturated rings. The fourth-order valence-electron chi connectivity index (χ4n) is 4.46. The van der Waals surface area contributed by atoms with Crippen LogP contribution in [0.2, 0.25) is 0 Å². The molecule has 1 aromatic heterocycles. The molecule has 0 spiro atoms. The molecular formula is C30H33FN4O5. The van der Waals surface area contributed by atoms with Crippen LogP contribution >= 0.6 is 0 Å². The summed E-state index contributed by atoms with van der Waals surface area (Å²) in [7, 11) is 0. The number of amides is 2. The number of nitrogens with zero attached hydrogens (tertiary/aromatic N) is 2. The van der Waals surface area contributed by atoms with Gasteiger partial charge in [-0.1, -0.05) is 6.07 Å². The average Bonchev–Trinajstić information content (AvgIpc) is 2.88. The highest BCUT2D eigenvalue weighted by atomic mass is 19.1. The number of piperidine rings is 1. The largest absolute Gasteiger partial charge is 0.507 e. The maximum Gasteiger partial charge on any atom is 0.410 e. The van der Waals surface area contributed by atoms with Gasteiger partial charge in [-0.3, -0.25) is 9.59 Å². The number of nitrogens with two attached hydrogens (primary N) is 1. The first-order valence-electron chi connectivity index (χ1n) is 13.0. The van der Waals surface area contributed by atoms with E-state index in [0.717, 1.165) is 0 Å². The maximum absolute atomic E-state index is 14.4. The van der Waals surface area contributed by atoms with Crippen LogP contribution in [0, 0.1) is 12.7 Å². The first-order valence-corrected chi connectivity index (χ1v) is 13.0. The van der Waals surface area contributed by atoms with Crippen LogP contribution in [0.3, 0.4) is 0 Å². The van der Waals surface area contributed by atoms with Crippen molar-refractivity contribution in [3.63, 3.8) is 0 Å². The molecule has 4 rings (SSSR count). The highest BCUT2D eigenvalue weighted by molar-refractivity contribution is 6.10. The summed E-state index contributed by atoms with van der Waals surface area (Å²) in [6.07, 6.45) is 0.749. The molecule has 0 unspecified atom stereocenters. The molecular weight excluding hydrogens is 515 g/mol. The predicted octanol–water partition coefficient (Wildman–Crippen LogP) is 4.84. The summed E-state index contributed by atoms with van der Waals surface area (Å²) in [6.45, 7) is 8.06. The second-order valence-corrected chi connectivity index (χ2v) is 10.9. The molecule has 10 heteroatoms. The van der Waals surface area contributed by atoms with E-state index in [-0.39, 0.29) is 51.7 Å². The number of rotatable bonds is 5. The van der Waals surface area contributed by atoms with Gasteiger partial charge in [-0.25, -0.2) is 14.2 Å². The van der Waals surface area contributed by atoms with E-state index < -0.39 is 23.1 Å². The van der Waals surface area contributed by atoms with E-state index in [9.17, 15) is 23.9 Å². The molecule has 0 aliphatic carbocycles. The third-order valence-corrected chi connectivity index (χ3v) is 6.56. The quantitative estimate of drug-likeness (QED) is 0.388. The molecule has 4 N–H and O–H groups in total. The molecule has 1 saturated heterocycles. The Balaban J connectivity index is 1.45. The predicted molar refractivity (Wildman–Crippen MR) is 149 cm³/mol. The minimum Gasteiger partial charge on any atom is -0.507 e. The number of benzene rings is 2. The van der Waals surface area contributed by atoms with Crippen LogP contribution in [0.15, 0.2) is 48.5 Å². The van der Waals surface area contributed by atoms with Crippen LogP contribution in [0.4, 0.5) is 15.0 Å². The summed E-state index contributed by atoms with van der Waals surface area (Å²) < 4.78 is 19.8. The lowest BCUT2D eigenvalue weighted by Crippen LogP contribution is -2.47. The van der Waals surface area contributed by atoms with E-state index in [2.05, 4.69) is 10.3 Å². The molecule has 2 heterocycles. The zero-order valence-electron chi connectivity index (χ0n) is 23.0. The first kappa shape index (κ1) is 28.5. The number of hydrogen-bond donors (Lipinski definition) is 3. The molecule has 2 amide bonds. The van der Waals surface area contributed by atoms with Crippen LogP contribution in [0.1, 0.15) is 65.5 Å². The smallest absolute Gasteiger partial charge is 0.410 e. The minimum atomic E-state index is -0.632. The number of aromatic nitrogens is 1. The van der Waals surface area contributed by atoms with Crippen molar-refractivity contribution in [2.45, 2.75) is 52.2 Å². The average molecular weight is 549 g/mol. The van der Waals surface area contributed by atoms with Crippen molar-refractivity contribution < 1.29 is 28.6 Å². The number of nitrogen functional groups attached to an aromatic ring is 1. The van der Waals surface area contributed by atoms with Crippen molar-refractivity contribution in [3.05, 3.63) is 76.6 Å². The van der Waals surface area contributed by atoms with Gasteiger partial charge in [0.1, 0.15) is 23.0 Å². The van der Waals surface area contributed by atoms with Crippen LogP contribution in [0.25, 0.3) is 11.3 Å². The van der Waals surface area contributed by atoms with Gasteiger partial charge >= 0.3 is 6.09 Å². The Hall–Kier alpha value is -4.47. The SMILES string of the molecule is Cc1ccc(C(=O)c2ccc(O)c(-c3ccc(C(=O)NC4CCN(C(=O)OC(C)(C)C)CC4)c(N)n3)c2)c(F)c1. The van der Waals surface area contributed by atoms with Gasteiger partial charge in [-0.15, -0.1) is 0 Å². The lowest BCUT2D eigenvalue weighted by atomic mass is 9.98. The van der Waals surface area contributed by atoms with Gasteiger partial charge in [-0.2, -0.15) is 0 Å². The number of ketones is 1. The molecule has 210 valence electrons. The van der Waals surface area contributed by atoms with E-state index >= 15 is 0 Å².